The molecule has 0 radical (unpaired) electrons. The van der Waals surface area contributed by atoms with E-state index in [1.54, 1.807) is 11.9 Å². The second kappa shape index (κ2) is 6.15. The van der Waals surface area contributed by atoms with Crippen molar-refractivity contribution in [2.45, 2.75) is 32.6 Å². The molecule has 4 N–H and O–H groups in total. The maximum absolute atomic E-state index is 12.5. The third-order valence-corrected chi connectivity index (χ3v) is 3.94. The van der Waals surface area contributed by atoms with Crippen LogP contribution in [0.1, 0.15) is 48.8 Å². The van der Waals surface area contributed by atoms with Crippen LogP contribution in [0.5, 0.6) is 0 Å². The molecule has 1 aliphatic heterocycles. The summed E-state index contributed by atoms with van der Waals surface area (Å²) in [7, 11) is 1.61. The highest BCUT2D eigenvalue weighted by molar-refractivity contribution is 5.98. The number of aromatic amines is 1. The largest absolute Gasteiger partial charge is 0.395 e. The minimum Gasteiger partial charge on any atom is -0.395 e. The Balaban J connectivity index is 2.14. The van der Waals surface area contributed by atoms with Crippen LogP contribution in [-0.4, -0.2) is 47.0 Å². The lowest BCUT2D eigenvalue weighted by Crippen LogP contribution is -2.45. The van der Waals surface area contributed by atoms with Crippen molar-refractivity contribution in [1.82, 2.24) is 20.4 Å². The highest BCUT2D eigenvalue weighted by Crippen LogP contribution is 2.25. The lowest BCUT2D eigenvalue weighted by molar-refractivity contribution is -0.125. The van der Waals surface area contributed by atoms with Gasteiger partial charge in [-0.15, -0.1) is 0 Å². The molecule has 2 rings (SSSR count). The molecule has 21 heavy (non-hydrogen) atoms. The molecule has 116 valence electrons. The lowest BCUT2D eigenvalue weighted by atomic mass is 9.97. The van der Waals surface area contributed by atoms with Gasteiger partial charge >= 0.3 is 0 Å². The fourth-order valence-corrected chi connectivity index (χ4v) is 2.70. The molecule has 2 amide bonds. The average molecular weight is 293 g/mol. The molecule has 1 unspecified atom stereocenters. The van der Waals surface area contributed by atoms with Gasteiger partial charge in [0.2, 0.25) is 5.91 Å². The number of likely N-dealkylation sites (tertiary alicyclic amines) is 1. The molecule has 1 aromatic rings. The monoisotopic (exact) mass is 293 g/mol. The van der Waals surface area contributed by atoms with E-state index in [-0.39, 0.29) is 29.3 Å². The van der Waals surface area contributed by atoms with Crippen LogP contribution in [0.2, 0.25) is 0 Å². The summed E-state index contributed by atoms with van der Waals surface area (Å²) < 4.78 is 0. The van der Waals surface area contributed by atoms with Gasteiger partial charge in [-0.1, -0.05) is 13.8 Å². The van der Waals surface area contributed by atoms with Crippen LogP contribution in [0.25, 0.3) is 0 Å². The number of carbonyl (C=O) groups is 2. The van der Waals surface area contributed by atoms with Crippen LogP contribution in [-0.2, 0) is 4.79 Å². The number of nitrogen functional groups attached to an aromatic ring is 1. The maximum atomic E-state index is 12.5. The molecule has 2 heterocycles. The van der Waals surface area contributed by atoms with E-state index in [4.69, 9.17) is 5.73 Å². The van der Waals surface area contributed by atoms with Crippen molar-refractivity contribution in [3.63, 3.8) is 0 Å². The summed E-state index contributed by atoms with van der Waals surface area (Å²) in [5.41, 5.74) is 7.46. The van der Waals surface area contributed by atoms with Crippen molar-refractivity contribution in [2.24, 2.45) is 5.92 Å². The molecule has 1 aromatic heterocycles. The van der Waals surface area contributed by atoms with Crippen molar-refractivity contribution < 1.29 is 9.59 Å². The summed E-state index contributed by atoms with van der Waals surface area (Å²) in [5.74, 6) is -0.203. The Bertz CT molecular complexity index is 537. The summed E-state index contributed by atoms with van der Waals surface area (Å²) in [6.45, 7) is 5.03. The number of aromatic nitrogens is 2. The number of hydrogen-bond acceptors (Lipinski definition) is 4. The number of nitrogens with one attached hydrogen (secondary N) is 2. The van der Waals surface area contributed by atoms with E-state index in [1.807, 2.05) is 13.8 Å². The quantitative estimate of drug-likeness (QED) is 0.763. The Labute approximate surface area is 124 Å². The Morgan fingerprint density at radius 2 is 2.19 bits per heavy atom. The molecule has 0 saturated carbocycles. The zero-order chi connectivity index (χ0) is 15.6. The first kappa shape index (κ1) is 15.3. The van der Waals surface area contributed by atoms with Gasteiger partial charge in [-0.05, 0) is 18.8 Å². The normalized spacial score (nSPS) is 18.9. The molecule has 7 nitrogen and oxygen atoms in total. The zero-order valence-electron chi connectivity index (χ0n) is 12.8. The molecule has 0 bridgehead atoms. The molecular weight excluding hydrogens is 270 g/mol. The average Bonchev–Trinajstić information content (AvgIpc) is 2.87. The van der Waals surface area contributed by atoms with E-state index in [1.165, 1.54) is 0 Å². The van der Waals surface area contributed by atoms with Crippen molar-refractivity contribution in [1.29, 1.82) is 0 Å². The number of H-pyrrole nitrogens is 1. The number of nitrogens with two attached hydrogens (primary N) is 1. The summed E-state index contributed by atoms with van der Waals surface area (Å²) >= 11 is 0. The molecule has 1 saturated heterocycles. The second-order valence-electron chi connectivity index (χ2n) is 5.76. The van der Waals surface area contributed by atoms with Crippen LogP contribution in [0.3, 0.4) is 0 Å². The first-order chi connectivity index (χ1) is 9.95. The number of anilines is 1. The molecular formula is C14H23N5O2. The van der Waals surface area contributed by atoms with Gasteiger partial charge in [-0.3, -0.25) is 14.7 Å². The zero-order valence-corrected chi connectivity index (χ0v) is 12.8. The van der Waals surface area contributed by atoms with E-state index < -0.39 is 0 Å². The first-order valence-corrected chi connectivity index (χ1v) is 7.30. The summed E-state index contributed by atoms with van der Waals surface area (Å²) in [5, 5.41) is 9.54. The SMILES string of the molecule is CNC(=O)C1CCCN(C(=O)c2n[nH]c(C(C)C)c2N)C1. The van der Waals surface area contributed by atoms with Gasteiger partial charge in [0.15, 0.2) is 5.69 Å². The number of piperidine rings is 1. The van der Waals surface area contributed by atoms with E-state index >= 15 is 0 Å². The minimum atomic E-state index is -0.204. The third-order valence-electron chi connectivity index (χ3n) is 3.94. The third kappa shape index (κ3) is 3.01. The summed E-state index contributed by atoms with van der Waals surface area (Å²) in [6, 6.07) is 0. The van der Waals surface area contributed by atoms with Gasteiger partial charge in [-0.2, -0.15) is 5.10 Å². The Hall–Kier alpha value is -2.05. The summed E-state index contributed by atoms with van der Waals surface area (Å²) in [6.07, 6.45) is 1.61. The van der Waals surface area contributed by atoms with Crippen LogP contribution in [0, 0.1) is 5.92 Å². The van der Waals surface area contributed by atoms with Gasteiger partial charge in [-0.25, -0.2) is 0 Å². The number of hydrogen-bond donors (Lipinski definition) is 3. The van der Waals surface area contributed by atoms with Crippen molar-refractivity contribution in [2.75, 3.05) is 25.9 Å². The molecule has 0 aromatic carbocycles. The topological polar surface area (TPSA) is 104 Å². The van der Waals surface area contributed by atoms with Gasteiger partial charge in [0, 0.05) is 20.1 Å². The number of nitrogens with zero attached hydrogens (tertiary/aromatic N) is 2. The van der Waals surface area contributed by atoms with Crippen LogP contribution in [0.15, 0.2) is 0 Å². The van der Waals surface area contributed by atoms with E-state index in [0.717, 1.165) is 18.5 Å². The molecule has 0 aliphatic carbocycles. The maximum Gasteiger partial charge on any atom is 0.276 e. The second-order valence-corrected chi connectivity index (χ2v) is 5.76. The molecule has 1 atom stereocenters. The lowest BCUT2D eigenvalue weighted by Gasteiger charge is -2.31. The van der Waals surface area contributed by atoms with Crippen LogP contribution < -0.4 is 11.1 Å². The predicted molar refractivity (Wildman–Crippen MR) is 79.8 cm³/mol. The van der Waals surface area contributed by atoms with Gasteiger partial charge < -0.3 is 16.0 Å². The fourth-order valence-electron chi connectivity index (χ4n) is 2.70. The van der Waals surface area contributed by atoms with E-state index in [9.17, 15) is 9.59 Å². The molecule has 1 fully saturated rings. The standard InChI is InChI=1S/C14H23N5O2/c1-8(2)11-10(15)12(18-17-11)14(21)19-6-4-5-9(7-19)13(20)16-3/h8-9H,4-7,15H2,1-3H3,(H,16,20)(H,17,18). The first-order valence-electron chi connectivity index (χ1n) is 7.30. The van der Waals surface area contributed by atoms with E-state index in [0.29, 0.717) is 18.8 Å². The van der Waals surface area contributed by atoms with E-state index in [2.05, 4.69) is 15.5 Å². The summed E-state index contributed by atoms with van der Waals surface area (Å²) in [4.78, 5) is 25.9. The van der Waals surface area contributed by atoms with Gasteiger partial charge in [0.1, 0.15) is 0 Å². The number of rotatable bonds is 3. The van der Waals surface area contributed by atoms with Crippen molar-refractivity contribution >= 4 is 17.5 Å². The Morgan fingerprint density at radius 1 is 1.48 bits per heavy atom. The number of carbonyl (C=O) groups excluding carboxylic acids is 2. The van der Waals surface area contributed by atoms with Gasteiger partial charge in [0.05, 0.1) is 17.3 Å². The smallest absolute Gasteiger partial charge is 0.276 e. The minimum absolute atomic E-state index is 0.0228. The highest BCUT2D eigenvalue weighted by atomic mass is 16.2. The molecule has 0 spiro atoms. The van der Waals surface area contributed by atoms with Crippen LogP contribution >= 0.6 is 0 Å². The van der Waals surface area contributed by atoms with Gasteiger partial charge in [0.25, 0.3) is 5.91 Å². The highest BCUT2D eigenvalue weighted by Gasteiger charge is 2.30. The molecule has 7 heteroatoms. The van der Waals surface area contributed by atoms with Crippen molar-refractivity contribution in [3.05, 3.63) is 11.4 Å². The van der Waals surface area contributed by atoms with Crippen LogP contribution in [0.4, 0.5) is 5.69 Å². The fraction of sp³-hybridized carbons (Fsp3) is 0.643. The Kier molecular flexibility index (Phi) is 4.50. The molecule has 1 aliphatic rings. The Morgan fingerprint density at radius 3 is 2.76 bits per heavy atom. The number of amides is 2. The predicted octanol–water partition coefficient (Wildman–Crippen LogP) is 0.713. The van der Waals surface area contributed by atoms with Crippen molar-refractivity contribution in [3.8, 4) is 0 Å².